The fourth-order valence-electron chi connectivity index (χ4n) is 3.26. The largest absolute Gasteiger partial charge is 0.245 e. The van der Waals surface area contributed by atoms with Gasteiger partial charge in [-0.15, -0.1) is 0 Å². The summed E-state index contributed by atoms with van der Waals surface area (Å²) < 4.78 is 81.9. The van der Waals surface area contributed by atoms with E-state index in [0.29, 0.717) is 0 Å². The Hall–Kier alpha value is -2.61. The smallest absolute Gasteiger partial charge is 0.207 e. The molecule has 0 aliphatic carbocycles. The highest BCUT2D eigenvalue weighted by molar-refractivity contribution is 7.90. The lowest BCUT2D eigenvalue weighted by Crippen LogP contribution is -2.47. The molecule has 0 atom stereocenters. The van der Waals surface area contributed by atoms with Gasteiger partial charge in [-0.25, -0.2) is 25.3 Å². The lowest BCUT2D eigenvalue weighted by atomic mass is 10.2. The maximum atomic E-state index is 13.5. The summed E-state index contributed by atoms with van der Waals surface area (Å²) in [5.41, 5.74) is 0.724. The van der Waals surface area contributed by atoms with E-state index in [0.717, 1.165) is 18.5 Å². The zero-order chi connectivity index (χ0) is 25.9. The molecular weight excluding hydrogens is 510 g/mol. The van der Waals surface area contributed by atoms with E-state index in [1.165, 1.54) is 62.6 Å². The van der Waals surface area contributed by atoms with Gasteiger partial charge in [-0.2, -0.15) is 12.9 Å². The third-order valence-corrected chi connectivity index (χ3v) is 10.6. The van der Waals surface area contributed by atoms with Gasteiger partial charge in [0.25, 0.3) is 0 Å². The average molecular weight is 538 g/mol. The molecule has 9 nitrogen and oxygen atoms in total. The summed E-state index contributed by atoms with van der Waals surface area (Å²) in [5, 5.41) is 0. The Morgan fingerprint density at radius 2 is 0.943 bits per heavy atom. The van der Waals surface area contributed by atoms with Gasteiger partial charge in [0.2, 0.25) is 30.1 Å². The highest BCUT2D eigenvalue weighted by atomic mass is 32.2. The van der Waals surface area contributed by atoms with Gasteiger partial charge in [-0.3, -0.25) is 0 Å². The molecule has 35 heavy (non-hydrogen) atoms. The second-order valence-electron chi connectivity index (χ2n) is 7.89. The first kappa shape index (κ1) is 27.0. The van der Waals surface area contributed by atoms with Crippen LogP contribution in [0.4, 0.5) is 0 Å². The molecule has 0 saturated heterocycles. The van der Waals surface area contributed by atoms with Crippen molar-refractivity contribution >= 4 is 30.1 Å². The van der Waals surface area contributed by atoms with Crippen molar-refractivity contribution in [3.63, 3.8) is 0 Å². The second kappa shape index (κ2) is 10.6. The van der Waals surface area contributed by atoms with E-state index in [1.54, 1.807) is 43.3 Å². The van der Waals surface area contributed by atoms with E-state index in [-0.39, 0.29) is 14.7 Å². The molecule has 0 heterocycles. The summed E-state index contributed by atoms with van der Waals surface area (Å²) in [6, 6.07) is 21.2. The van der Waals surface area contributed by atoms with Gasteiger partial charge in [-0.05, 0) is 48.9 Å². The Bertz CT molecular complexity index is 1480. The number of benzene rings is 3. The molecule has 12 heteroatoms. The fourth-order valence-corrected chi connectivity index (χ4v) is 7.25. The number of aryl methyl sites for hydroxylation is 1. The van der Waals surface area contributed by atoms with Crippen LogP contribution in [0.25, 0.3) is 0 Å². The molecule has 3 aromatic carbocycles. The van der Waals surface area contributed by atoms with Crippen LogP contribution in [-0.2, 0) is 30.1 Å². The Balaban J connectivity index is 1.99. The van der Waals surface area contributed by atoms with Crippen LogP contribution in [0.2, 0.25) is 0 Å². The van der Waals surface area contributed by atoms with Crippen molar-refractivity contribution in [3.8, 4) is 0 Å². The van der Waals surface area contributed by atoms with Gasteiger partial charge >= 0.3 is 0 Å². The highest BCUT2D eigenvalue weighted by Gasteiger charge is 2.33. The lowest BCUT2D eigenvalue weighted by Gasteiger charge is -2.30. The molecule has 0 aliphatic heterocycles. The molecule has 3 aromatic rings. The third-order valence-electron chi connectivity index (χ3n) is 5.24. The van der Waals surface area contributed by atoms with Gasteiger partial charge in [-0.1, -0.05) is 48.5 Å². The summed E-state index contributed by atoms with van der Waals surface area (Å²) in [4.78, 5) is -0.102. The molecule has 188 valence electrons. The fraction of sp³-hybridized carbons (Fsp3) is 0.217. The van der Waals surface area contributed by atoms with E-state index in [9.17, 15) is 25.3 Å². The topological polar surface area (TPSA) is 112 Å². The minimum atomic E-state index is -4.26. The van der Waals surface area contributed by atoms with Crippen LogP contribution in [0.5, 0.6) is 0 Å². The second-order valence-corrected chi connectivity index (χ2v) is 13.9. The first-order valence-electron chi connectivity index (χ1n) is 10.5. The maximum absolute atomic E-state index is 13.5. The first-order valence-corrected chi connectivity index (χ1v) is 14.8. The third kappa shape index (κ3) is 5.97. The van der Waals surface area contributed by atoms with Crippen molar-refractivity contribution < 1.29 is 25.3 Å². The van der Waals surface area contributed by atoms with Gasteiger partial charge in [0.05, 0.1) is 28.0 Å². The molecule has 0 radical (unpaired) electrons. The molecule has 0 spiro atoms. The quantitative estimate of drug-likeness (QED) is 0.368. The zero-order valence-corrected chi connectivity index (χ0v) is 22.0. The summed E-state index contributed by atoms with van der Waals surface area (Å²) in [6.07, 6.45) is 0. The van der Waals surface area contributed by atoms with E-state index < -0.39 is 43.4 Å². The van der Waals surface area contributed by atoms with Crippen molar-refractivity contribution in [1.82, 2.24) is 12.9 Å². The SMILES string of the molecule is Cc1cccc(S(=O)(=O)N(C)CN(CN(C)S(=O)(=O)c2ccccc2)S(=O)(=O)c2ccccc2)c1. The summed E-state index contributed by atoms with van der Waals surface area (Å²) in [6.45, 7) is 0.527. The van der Waals surface area contributed by atoms with Crippen LogP contribution >= 0.6 is 0 Å². The molecule has 0 N–H and O–H groups in total. The van der Waals surface area contributed by atoms with E-state index in [1.807, 2.05) is 0 Å². The van der Waals surface area contributed by atoms with Crippen LogP contribution in [0.1, 0.15) is 5.56 Å². The molecule has 3 rings (SSSR count). The molecular formula is C23H27N3O6S3. The minimum absolute atomic E-state index is 0.00215. The molecule has 0 bridgehead atoms. The van der Waals surface area contributed by atoms with E-state index in [4.69, 9.17) is 0 Å². The summed E-state index contributed by atoms with van der Waals surface area (Å²) in [5.74, 6) is 0. The minimum Gasteiger partial charge on any atom is -0.207 e. The van der Waals surface area contributed by atoms with Crippen LogP contribution in [0, 0.1) is 6.92 Å². The molecule has 0 aromatic heterocycles. The Kier molecular flexibility index (Phi) is 8.14. The van der Waals surface area contributed by atoms with Crippen LogP contribution in [-0.4, -0.2) is 65.6 Å². The van der Waals surface area contributed by atoms with E-state index in [2.05, 4.69) is 0 Å². The molecule has 0 aliphatic rings. The number of hydrogen-bond donors (Lipinski definition) is 0. The van der Waals surface area contributed by atoms with Crippen molar-refractivity contribution in [2.24, 2.45) is 0 Å². The zero-order valence-electron chi connectivity index (χ0n) is 19.5. The van der Waals surface area contributed by atoms with Gasteiger partial charge in [0.15, 0.2) is 0 Å². The standard InChI is InChI=1S/C23H27N3O6S3/c1-20-11-10-16-23(17-20)34(29,30)25(3)19-26(35(31,32)22-14-8-5-9-15-22)18-24(2)33(27,28)21-12-6-4-7-13-21/h4-17H,18-19H2,1-3H3. The van der Waals surface area contributed by atoms with Crippen molar-refractivity contribution in [2.75, 3.05) is 27.4 Å². The van der Waals surface area contributed by atoms with Crippen LogP contribution < -0.4 is 0 Å². The molecule has 0 saturated carbocycles. The average Bonchev–Trinajstić information content (AvgIpc) is 2.84. The summed E-state index contributed by atoms with van der Waals surface area (Å²) in [7, 11) is -9.88. The van der Waals surface area contributed by atoms with Crippen molar-refractivity contribution in [1.29, 1.82) is 0 Å². The van der Waals surface area contributed by atoms with E-state index >= 15 is 0 Å². The van der Waals surface area contributed by atoms with Gasteiger partial charge < -0.3 is 0 Å². The normalized spacial score (nSPS) is 13.0. The maximum Gasteiger partial charge on any atom is 0.245 e. The van der Waals surface area contributed by atoms with Gasteiger partial charge in [0, 0.05) is 14.1 Å². The predicted octanol–water partition coefficient (Wildman–Crippen LogP) is 2.54. The number of rotatable bonds is 10. The van der Waals surface area contributed by atoms with Crippen molar-refractivity contribution in [3.05, 3.63) is 90.5 Å². The predicted molar refractivity (Wildman–Crippen MR) is 133 cm³/mol. The number of nitrogens with zero attached hydrogens (tertiary/aromatic N) is 3. The van der Waals surface area contributed by atoms with Crippen molar-refractivity contribution in [2.45, 2.75) is 21.6 Å². The lowest BCUT2D eigenvalue weighted by molar-refractivity contribution is 0.259. The van der Waals surface area contributed by atoms with Gasteiger partial charge in [0.1, 0.15) is 0 Å². The molecule has 0 unspecified atom stereocenters. The Morgan fingerprint density at radius 3 is 1.40 bits per heavy atom. The molecule has 0 amide bonds. The summed E-state index contributed by atoms with van der Waals surface area (Å²) >= 11 is 0. The van der Waals surface area contributed by atoms with Crippen LogP contribution in [0.3, 0.4) is 0 Å². The number of sulfonamides is 3. The van der Waals surface area contributed by atoms with Crippen LogP contribution in [0.15, 0.2) is 99.6 Å². The molecule has 0 fully saturated rings. The highest BCUT2D eigenvalue weighted by Crippen LogP contribution is 2.22. The first-order chi connectivity index (χ1) is 16.4. The number of hydrogen-bond acceptors (Lipinski definition) is 6. The monoisotopic (exact) mass is 537 g/mol. The Labute approximate surface area is 207 Å². The Morgan fingerprint density at radius 1 is 0.543 bits per heavy atom.